The van der Waals surface area contributed by atoms with Crippen LogP contribution in [-0.2, 0) is 0 Å². The Morgan fingerprint density at radius 2 is 0.732 bits per heavy atom. The predicted octanol–water partition coefficient (Wildman–Crippen LogP) is 20.1. The first kappa shape index (κ1) is 47.0. The molecule has 0 bridgehead atoms. The Morgan fingerprint density at radius 1 is 0.220 bits per heavy atom. The summed E-state index contributed by atoms with van der Waals surface area (Å²) in [5.74, 6) is 0.658. The number of pyridine rings is 3. The molecule has 0 fully saturated rings. The molecule has 82 heavy (non-hydrogen) atoms. The first-order valence-corrected chi connectivity index (χ1v) is 27.8. The molecule has 5 heteroatoms. The van der Waals surface area contributed by atoms with E-state index in [1.807, 2.05) is 36.5 Å². The zero-order valence-corrected chi connectivity index (χ0v) is 44.4. The van der Waals surface area contributed by atoms with Gasteiger partial charge in [-0.25, -0.2) is 19.9 Å². The van der Waals surface area contributed by atoms with Crippen LogP contribution in [0.2, 0.25) is 0 Å². The van der Waals surface area contributed by atoms with E-state index in [4.69, 9.17) is 24.9 Å². The molecule has 0 spiro atoms. The van der Waals surface area contributed by atoms with Gasteiger partial charge in [0.2, 0.25) is 0 Å². The van der Waals surface area contributed by atoms with Gasteiger partial charge in [0.1, 0.15) is 5.52 Å². The molecule has 0 unspecified atom stereocenters. The molecule has 0 atom stereocenters. The molecule has 16 aromatic rings. The van der Waals surface area contributed by atoms with E-state index >= 15 is 0 Å². The van der Waals surface area contributed by atoms with Crippen LogP contribution in [0.1, 0.15) is 0 Å². The van der Waals surface area contributed by atoms with Crippen LogP contribution in [0.15, 0.2) is 285 Å². The summed E-state index contributed by atoms with van der Waals surface area (Å²) in [6.07, 6.45) is 1.96. The second kappa shape index (κ2) is 19.4. The van der Waals surface area contributed by atoms with Crippen LogP contribution in [0.5, 0.6) is 0 Å². The minimum atomic E-state index is 0.658. The monoisotopic (exact) mass is 1040 g/mol. The maximum Gasteiger partial charge on any atom is 0.160 e. The minimum Gasteiger partial charge on any atom is -0.256 e. The fourth-order valence-corrected chi connectivity index (χ4v) is 12.1. The van der Waals surface area contributed by atoms with E-state index in [9.17, 15) is 0 Å². The van der Waals surface area contributed by atoms with Crippen molar-refractivity contribution in [3.63, 3.8) is 0 Å². The van der Waals surface area contributed by atoms with E-state index in [0.29, 0.717) is 5.82 Å². The topological polar surface area (TPSA) is 64.5 Å². The summed E-state index contributed by atoms with van der Waals surface area (Å²) in [5, 5.41) is 11.1. The smallest absolute Gasteiger partial charge is 0.160 e. The van der Waals surface area contributed by atoms with Crippen molar-refractivity contribution >= 4 is 75.9 Å². The minimum absolute atomic E-state index is 0.658. The molecule has 4 heterocycles. The fourth-order valence-electron chi connectivity index (χ4n) is 12.1. The molecule has 0 saturated heterocycles. The summed E-state index contributed by atoms with van der Waals surface area (Å²) in [6, 6.07) is 99.4. The Bertz CT molecular complexity index is 5190. The van der Waals surface area contributed by atoms with Crippen molar-refractivity contribution in [3.8, 4) is 89.7 Å². The number of rotatable bonds is 8. The van der Waals surface area contributed by atoms with E-state index in [-0.39, 0.29) is 0 Å². The van der Waals surface area contributed by atoms with Crippen molar-refractivity contribution in [1.82, 2.24) is 24.9 Å². The van der Waals surface area contributed by atoms with E-state index < -0.39 is 0 Å². The molecule has 0 aliphatic carbocycles. The third-order valence-corrected chi connectivity index (χ3v) is 16.3. The van der Waals surface area contributed by atoms with Crippen molar-refractivity contribution in [3.05, 3.63) is 285 Å². The molecule has 4 aromatic heterocycles. The van der Waals surface area contributed by atoms with E-state index in [0.717, 1.165) is 149 Å². The maximum absolute atomic E-state index is 5.57. The summed E-state index contributed by atoms with van der Waals surface area (Å²) in [4.78, 5) is 26.6. The number of fused-ring (bicyclic) bond motifs is 9. The van der Waals surface area contributed by atoms with Crippen molar-refractivity contribution in [1.29, 1.82) is 0 Å². The molecule has 0 amide bonds. The Labute approximate surface area is 473 Å². The van der Waals surface area contributed by atoms with Crippen LogP contribution in [-0.4, -0.2) is 24.9 Å². The molecular weight excluding hydrogens is 995 g/mol. The molecule has 0 aliphatic rings. The van der Waals surface area contributed by atoms with Gasteiger partial charge in [0.25, 0.3) is 0 Å². The van der Waals surface area contributed by atoms with Gasteiger partial charge in [0, 0.05) is 60.9 Å². The number of aromatic nitrogens is 5. The number of nitrogens with zero attached hydrogens (tertiary/aromatic N) is 5. The number of para-hydroxylation sites is 1. The van der Waals surface area contributed by atoms with Gasteiger partial charge in [-0.15, -0.1) is 0 Å². The Balaban J connectivity index is 0.836. The lowest BCUT2D eigenvalue weighted by molar-refractivity contribution is 1.23. The zero-order valence-electron chi connectivity index (χ0n) is 44.4. The van der Waals surface area contributed by atoms with Crippen LogP contribution in [0.3, 0.4) is 0 Å². The van der Waals surface area contributed by atoms with Crippen LogP contribution in [0.4, 0.5) is 0 Å². The standard InChI is InChI=1S/C77H47N5/c1-3-16-54(17-4-1)71-45-67(65-40-41-66-73(63-24-13-22-51-15-9-11-23-62(51)63)81-77(56-18-5-2-6-19-56)82-76(66)75(65)80-71)52-31-26-49(27-32-52)58-36-33-53-38-39-64-68(59-37-30-48-14-7-8-20-57(48)42-59)46-72(79-74(64)69(53)44-58)55-34-28-50(29-35-55)61-43-60-21-10-12-25-70(60)78-47-61/h1-47H. The highest BCUT2D eigenvalue weighted by atomic mass is 14.9. The van der Waals surface area contributed by atoms with E-state index in [1.54, 1.807) is 0 Å². The van der Waals surface area contributed by atoms with Crippen LogP contribution in [0.25, 0.3) is 166 Å². The maximum atomic E-state index is 5.57. The van der Waals surface area contributed by atoms with Gasteiger partial charge >= 0.3 is 0 Å². The molecule has 12 aromatic carbocycles. The van der Waals surface area contributed by atoms with Gasteiger partial charge in [-0.05, 0) is 108 Å². The molecule has 0 saturated carbocycles. The third-order valence-electron chi connectivity index (χ3n) is 16.3. The van der Waals surface area contributed by atoms with E-state index in [1.165, 1.54) is 10.8 Å². The highest BCUT2D eigenvalue weighted by Gasteiger charge is 2.20. The highest BCUT2D eigenvalue weighted by molar-refractivity contribution is 6.15. The quantitative estimate of drug-likeness (QED) is 0.142. The van der Waals surface area contributed by atoms with E-state index in [2.05, 4.69) is 249 Å². The second-order valence-electron chi connectivity index (χ2n) is 21.2. The van der Waals surface area contributed by atoms with Crippen LogP contribution in [0, 0.1) is 0 Å². The van der Waals surface area contributed by atoms with Gasteiger partial charge in [-0.3, -0.25) is 4.98 Å². The van der Waals surface area contributed by atoms with Gasteiger partial charge in [-0.1, -0.05) is 237 Å². The lowest BCUT2D eigenvalue weighted by Gasteiger charge is -2.16. The zero-order chi connectivity index (χ0) is 54.1. The third kappa shape index (κ3) is 8.22. The lowest BCUT2D eigenvalue weighted by Crippen LogP contribution is -1.98. The second-order valence-corrected chi connectivity index (χ2v) is 21.2. The Morgan fingerprint density at radius 3 is 1.54 bits per heavy atom. The van der Waals surface area contributed by atoms with Gasteiger partial charge in [0.15, 0.2) is 5.82 Å². The van der Waals surface area contributed by atoms with Crippen molar-refractivity contribution in [2.45, 2.75) is 0 Å². The largest absolute Gasteiger partial charge is 0.256 e. The molecular formula is C77H47N5. The highest BCUT2D eigenvalue weighted by Crippen LogP contribution is 2.42. The Kier molecular flexibility index (Phi) is 11.1. The molecule has 16 rings (SSSR count). The molecule has 380 valence electrons. The average Bonchev–Trinajstić information content (AvgIpc) is 3.75. The number of benzene rings is 12. The number of hydrogen-bond acceptors (Lipinski definition) is 5. The van der Waals surface area contributed by atoms with Crippen molar-refractivity contribution in [2.24, 2.45) is 0 Å². The normalized spacial score (nSPS) is 11.7. The first-order chi connectivity index (χ1) is 40.6. The van der Waals surface area contributed by atoms with Gasteiger partial charge in [0.05, 0.1) is 33.6 Å². The molecule has 5 nitrogen and oxygen atoms in total. The lowest BCUT2D eigenvalue weighted by atomic mass is 9.92. The summed E-state index contributed by atoms with van der Waals surface area (Å²) in [7, 11) is 0. The van der Waals surface area contributed by atoms with Gasteiger partial charge in [-0.2, -0.15) is 0 Å². The molecule has 0 aliphatic heterocycles. The first-order valence-electron chi connectivity index (χ1n) is 27.8. The van der Waals surface area contributed by atoms with Gasteiger partial charge < -0.3 is 0 Å². The SMILES string of the molecule is c1ccc(-c2cc(-c3ccc(-c4ccc5ccc6c(-c7ccc8ccccc8c7)cc(-c7ccc(-c8cnc9ccccc9c8)cc7)nc6c5c4)cc3)c3ccc4c(-c5cccc6ccccc56)nc(-c5ccccc5)nc4c3n2)cc1. The summed E-state index contributed by atoms with van der Waals surface area (Å²) >= 11 is 0. The molecule has 0 radical (unpaired) electrons. The number of hydrogen-bond donors (Lipinski definition) is 0. The Hall–Kier alpha value is -11.0. The predicted molar refractivity (Wildman–Crippen MR) is 341 cm³/mol. The summed E-state index contributed by atoms with van der Waals surface area (Å²) in [5.41, 5.74) is 19.2. The summed E-state index contributed by atoms with van der Waals surface area (Å²) < 4.78 is 0. The van der Waals surface area contributed by atoms with Crippen LogP contribution < -0.4 is 0 Å². The van der Waals surface area contributed by atoms with Crippen LogP contribution >= 0.6 is 0 Å². The van der Waals surface area contributed by atoms with Crippen molar-refractivity contribution in [2.75, 3.05) is 0 Å². The van der Waals surface area contributed by atoms with Crippen molar-refractivity contribution < 1.29 is 0 Å². The fraction of sp³-hybridized carbons (Fsp3) is 0. The summed E-state index contributed by atoms with van der Waals surface area (Å²) in [6.45, 7) is 0. The average molecular weight is 1040 g/mol. The molecule has 0 N–H and O–H groups in total.